The van der Waals surface area contributed by atoms with Crippen LogP contribution in [0.5, 0.6) is 0 Å². The van der Waals surface area contributed by atoms with Crippen LogP contribution in [-0.4, -0.2) is 65.0 Å². The Morgan fingerprint density at radius 3 is 2.75 bits per heavy atom. The third-order valence-electron chi connectivity index (χ3n) is 4.34. The van der Waals surface area contributed by atoms with Crippen LogP contribution in [0.1, 0.15) is 28.8 Å². The van der Waals surface area contributed by atoms with Crippen LogP contribution in [0, 0.1) is 12.8 Å². The van der Waals surface area contributed by atoms with Gasteiger partial charge in [-0.1, -0.05) is 17.7 Å². The molecule has 0 saturated carbocycles. The fourth-order valence-electron chi connectivity index (χ4n) is 2.81. The molecule has 0 aliphatic carbocycles. The Morgan fingerprint density at radius 2 is 2.04 bits per heavy atom. The van der Waals surface area contributed by atoms with Gasteiger partial charge in [0.1, 0.15) is 0 Å². The third-order valence-corrected chi connectivity index (χ3v) is 4.34. The highest BCUT2D eigenvalue weighted by Crippen LogP contribution is 2.12. The average Bonchev–Trinajstić information content (AvgIpc) is 3.19. The molecule has 1 amide bonds. The normalized spacial score (nSPS) is 16.4. The van der Waals surface area contributed by atoms with Gasteiger partial charge >= 0.3 is 0 Å². The Bertz CT molecular complexity index is 607. The number of nitrogens with one attached hydrogen (secondary N) is 3. The molecule has 158 valence electrons. The molecule has 1 unspecified atom stereocenters. The van der Waals surface area contributed by atoms with Gasteiger partial charge in [0, 0.05) is 51.4 Å². The van der Waals surface area contributed by atoms with Crippen LogP contribution in [-0.2, 0) is 9.47 Å². The molecular formula is C20H33IN4O3. The molecule has 8 heteroatoms. The van der Waals surface area contributed by atoms with Crippen LogP contribution in [0.25, 0.3) is 0 Å². The zero-order valence-corrected chi connectivity index (χ0v) is 19.2. The van der Waals surface area contributed by atoms with Crippen LogP contribution < -0.4 is 16.0 Å². The number of amides is 1. The van der Waals surface area contributed by atoms with Crippen LogP contribution in [0.2, 0.25) is 0 Å². The summed E-state index contributed by atoms with van der Waals surface area (Å²) in [5.41, 5.74) is 1.76. The summed E-state index contributed by atoms with van der Waals surface area (Å²) in [6, 6.07) is 7.56. The van der Waals surface area contributed by atoms with Gasteiger partial charge in [-0.15, -0.1) is 24.0 Å². The number of hydrogen-bond acceptors (Lipinski definition) is 4. The first kappa shape index (κ1) is 24.6. The minimum absolute atomic E-state index is 0. The molecule has 3 N–H and O–H groups in total. The van der Waals surface area contributed by atoms with E-state index < -0.39 is 0 Å². The van der Waals surface area contributed by atoms with Crippen molar-refractivity contribution in [2.45, 2.75) is 19.8 Å². The Labute approximate surface area is 185 Å². The minimum Gasteiger partial charge on any atom is -0.381 e. The molecule has 1 aromatic rings. The number of carbonyl (C=O) groups is 1. The molecular weight excluding hydrogens is 471 g/mol. The molecule has 0 radical (unpaired) electrons. The van der Waals surface area contributed by atoms with Gasteiger partial charge < -0.3 is 25.4 Å². The summed E-state index contributed by atoms with van der Waals surface area (Å²) in [6.07, 6.45) is 2.02. The van der Waals surface area contributed by atoms with Gasteiger partial charge in [0.25, 0.3) is 5.91 Å². The predicted molar refractivity (Wildman–Crippen MR) is 123 cm³/mol. The van der Waals surface area contributed by atoms with Crippen molar-refractivity contribution < 1.29 is 14.3 Å². The van der Waals surface area contributed by atoms with Crippen molar-refractivity contribution in [2.24, 2.45) is 10.9 Å². The van der Waals surface area contributed by atoms with E-state index in [1.54, 1.807) is 7.05 Å². The fourth-order valence-corrected chi connectivity index (χ4v) is 2.81. The summed E-state index contributed by atoms with van der Waals surface area (Å²) in [4.78, 5) is 16.3. The highest BCUT2D eigenvalue weighted by atomic mass is 127. The maximum atomic E-state index is 12.1. The first-order chi connectivity index (χ1) is 13.2. The van der Waals surface area contributed by atoms with Crippen molar-refractivity contribution in [3.8, 4) is 0 Å². The van der Waals surface area contributed by atoms with E-state index in [4.69, 9.17) is 9.47 Å². The van der Waals surface area contributed by atoms with E-state index in [0.717, 1.165) is 57.3 Å². The monoisotopic (exact) mass is 504 g/mol. The van der Waals surface area contributed by atoms with Gasteiger partial charge in [-0.2, -0.15) is 0 Å². The van der Waals surface area contributed by atoms with Gasteiger partial charge in [-0.05, 0) is 31.9 Å². The van der Waals surface area contributed by atoms with E-state index in [1.807, 2.05) is 31.2 Å². The molecule has 0 aromatic heterocycles. The highest BCUT2D eigenvalue weighted by Gasteiger charge is 2.15. The van der Waals surface area contributed by atoms with Crippen molar-refractivity contribution in [1.82, 2.24) is 16.0 Å². The topological polar surface area (TPSA) is 84.0 Å². The smallest absolute Gasteiger partial charge is 0.251 e. The summed E-state index contributed by atoms with van der Waals surface area (Å²) in [5.74, 6) is 1.22. The Hall–Kier alpha value is -1.39. The average molecular weight is 504 g/mol. The van der Waals surface area contributed by atoms with Crippen molar-refractivity contribution in [2.75, 3.05) is 53.1 Å². The van der Waals surface area contributed by atoms with Gasteiger partial charge in [-0.25, -0.2) is 0 Å². The van der Waals surface area contributed by atoms with Crippen molar-refractivity contribution in [1.29, 1.82) is 0 Å². The quantitative estimate of drug-likeness (QED) is 0.197. The number of hydrogen-bond donors (Lipinski definition) is 3. The molecule has 1 fully saturated rings. The van der Waals surface area contributed by atoms with Crippen molar-refractivity contribution in [3.63, 3.8) is 0 Å². The number of carbonyl (C=O) groups excluding carboxylic acids is 1. The van der Waals surface area contributed by atoms with E-state index >= 15 is 0 Å². The zero-order valence-electron chi connectivity index (χ0n) is 16.8. The second kappa shape index (κ2) is 14.6. The van der Waals surface area contributed by atoms with Gasteiger partial charge in [0.15, 0.2) is 5.96 Å². The van der Waals surface area contributed by atoms with E-state index in [2.05, 4.69) is 20.9 Å². The summed E-state index contributed by atoms with van der Waals surface area (Å²) in [5, 5.41) is 9.34. The fraction of sp³-hybridized carbons (Fsp3) is 0.600. The Balaban J connectivity index is 0.00000392. The SMILES string of the molecule is CN=C(NCCCOCC1CCOC1)NCCNC(=O)c1cccc(C)c1.I. The maximum Gasteiger partial charge on any atom is 0.251 e. The zero-order chi connectivity index (χ0) is 19.3. The van der Waals surface area contributed by atoms with Gasteiger partial charge in [0.05, 0.1) is 13.2 Å². The van der Waals surface area contributed by atoms with Crippen LogP contribution in [0.4, 0.5) is 0 Å². The number of aryl methyl sites for hydroxylation is 1. The number of guanidine groups is 1. The van der Waals surface area contributed by atoms with E-state index in [0.29, 0.717) is 24.6 Å². The van der Waals surface area contributed by atoms with Crippen molar-refractivity contribution >= 4 is 35.8 Å². The molecule has 1 aliphatic rings. The number of benzene rings is 1. The summed E-state index contributed by atoms with van der Waals surface area (Å²) < 4.78 is 11.0. The molecule has 0 bridgehead atoms. The lowest BCUT2D eigenvalue weighted by Gasteiger charge is -2.13. The third kappa shape index (κ3) is 9.70. The second-order valence-corrected chi connectivity index (χ2v) is 6.71. The molecule has 1 aromatic carbocycles. The molecule has 1 atom stereocenters. The molecule has 7 nitrogen and oxygen atoms in total. The lowest BCUT2D eigenvalue weighted by molar-refractivity contribution is 0.0887. The van der Waals surface area contributed by atoms with Crippen molar-refractivity contribution in [3.05, 3.63) is 35.4 Å². The van der Waals surface area contributed by atoms with E-state index in [-0.39, 0.29) is 29.9 Å². The first-order valence-corrected chi connectivity index (χ1v) is 9.64. The predicted octanol–water partition coefficient (Wildman–Crippen LogP) is 1.95. The number of rotatable bonds is 10. The first-order valence-electron chi connectivity index (χ1n) is 9.64. The lowest BCUT2D eigenvalue weighted by atomic mass is 10.1. The summed E-state index contributed by atoms with van der Waals surface area (Å²) in [6.45, 7) is 7.10. The van der Waals surface area contributed by atoms with Gasteiger partial charge in [0.2, 0.25) is 0 Å². The minimum atomic E-state index is -0.0618. The molecule has 1 heterocycles. The Morgan fingerprint density at radius 1 is 1.25 bits per heavy atom. The lowest BCUT2D eigenvalue weighted by Crippen LogP contribution is -2.42. The summed E-state index contributed by atoms with van der Waals surface area (Å²) >= 11 is 0. The molecule has 28 heavy (non-hydrogen) atoms. The molecule has 1 aliphatic heterocycles. The van der Waals surface area contributed by atoms with E-state index in [1.165, 1.54) is 0 Å². The van der Waals surface area contributed by atoms with Crippen LogP contribution in [0.3, 0.4) is 0 Å². The molecule has 1 saturated heterocycles. The number of ether oxygens (including phenoxy) is 2. The Kier molecular flexibility index (Phi) is 12.8. The second-order valence-electron chi connectivity index (χ2n) is 6.71. The summed E-state index contributed by atoms with van der Waals surface area (Å²) in [7, 11) is 1.73. The molecule has 2 rings (SSSR count). The number of nitrogens with zero attached hydrogens (tertiary/aromatic N) is 1. The number of aliphatic imine (C=N–C) groups is 1. The largest absolute Gasteiger partial charge is 0.381 e. The standard InChI is InChI=1S/C20H32N4O3.HI/c1-16-5-3-6-18(13-16)19(25)22-9-10-24-20(21-2)23-8-4-11-26-14-17-7-12-27-15-17;/h3,5-6,13,17H,4,7-12,14-15H2,1-2H3,(H,22,25)(H2,21,23,24);1H. The highest BCUT2D eigenvalue weighted by molar-refractivity contribution is 14.0. The van der Waals surface area contributed by atoms with Crippen LogP contribution >= 0.6 is 24.0 Å². The van der Waals surface area contributed by atoms with Gasteiger partial charge in [-0.3, -0.25) is 9.79 Å². The van der Waals surface area contributed by atoms with Crippen LogP contribution in [0.15, 0.2) is 29.3 Å². The number of halogens is 1. The molecule has 0 spiro atoms. The maximum absolute atomic E-state index is 12.1. The van der Waals surface area contributed by atoms with E-state index in [9.17, 15) is 4.79 Å².